The Hall–Kier alpha value is -0.0551. The van der Waals surface area contributed by atoms with E-state index in [1.165, 1.54) is 32.1 Å². The summed E-state index contributed by atoms with van der Waals surface area (Å²) in [4.78, 5) is 1.77. The summed E-state index contributed by atoms with van der Waals surface area (Å²) in [6.07, 6.45) is 8.27. The smallest absolute Gasteiger partial charge is 0.376 e. The molecular weight excluding hydrogens is 213 g/mol. The molecule has 17 heavy (non-hydrogen) atoms. The highest BCUT2D eigenvalue weighted by Gasteiger charge is 2.24. The average molecular weight is 243 g/mol. The zero-order valence-electron chi connectivity index (χ0n) is 12.1. The molecule has 0 amide bonds. The van der Waals surface area contributed by atoms with E-state index >= 15 is 0 Å². The van der Waals surface area contributed by atoms with Crippen LogP contribution in [0.1, 0.15) is 58.8 Å². The summed E-state index contributed by atoms with van der Waals surface area (Å²) in [5, 5.41) is 19.6. The second-order valence-corrected chi connectivity index (χ2v) is 5.56. The van der Waals surface area contributed by atoms with Crippen LogP contribution in [0.2, 0.25) is 6.82 Å². The molecule has 4 heteroatoms. The fourth-order valence-corrected chi connectivity index (χ4v) is 2.03. The van der Waals surface area contributed by atoms with Crippen LogP contribution in [-0.4, -0.2) is 41.2 Å². The van der Waals surface area contributed by atoms with Gasteiger partial charge in [0.1, 0.15) is 0 Å². The summed E-state index contributed by atoms with van der Waals surface area (Å²) in [5.74, 6) is 0. The molecule has 2 N–H and O–H groups in total. The van der Waals surface area contributed by atoms with Crippen molar-refractivity contribution >= 4 is 7.05 Å². The van der Waals surface area contributed by atoms with Crippen molar-refractivity contribution in [1.82, 2.24) is 4.81 Å². The summed E-state index contributed by atoms with van der Waals surface area (Å²) in [6.45, 7) is 6.33. The Kier molecular flexibility index (Phi) is 8.92. The van der Waals surface area contributed by atoms with Crippen molar-refractivity contribution in [2.24, 2.45) is 0 Å². The van der Waals surface area contributed by atoms with Crippen LogP contribution in [0.25, 0.3) is 0 Å². The number of hydrogen-bond donors (Lipinski definition) is 2. The Morgan fingerprint density at radius 1 is 1.12 bits per heavy atom. The lowest BCUT2D eigenvalue weighted by Crippen LogP contribution is -2.44. The van der Waals surface area contributed by atoms with E-state index in [0.717, 1.165) is 12.8 Å². The number of rotatable bonds is 10. The van der Waals surface area contributed by atoms with Crippen molar-refractivity contribution in [3.63, 3.8) is 0 Å². The highest BCUT2D eigenvalue weighted by atomic mass is 16.3. The van der Waals surface area contributed by atoms with E-state index in [1.54, 1.807) is 11.6 Å². The van der Waals surface area contributed by atoms with Crippen LogP contribution >= 0.6 is 0 Å². The molecular formula is C13H30BNO2. The Bertz CT molecular complexity index is 186. The second kappa shape index (κ2) is 8.95. The molecule has 0 rings (SSSR count). The van der Waals surface area contributed by atoms with Gasteiger partial charge in [-0.2, -0.15) is 0 Å². The Morgan fingerprint density at radius 3 is 2.18 bits per heavy atom. The zero-order chi connectivity index (χ0) is 13.3. The first-order valence-electron chi connectivity index (χ1n) is 7.00. The van der Waals surface area contributed by atoms with Gasteiger partial charge in [-0.05, 0) is 27.2 Å². The average Bonchev–Trinajstić information content (AvgIpc) is 2.22. The van der Waals surface area contributed by atoms with E-state index in [4.69, 9.17) is 0 Å². The maximum atomic E-state index is 10.2. The third kappa shape index (κ3) is 9.63. The van der Waals surface area contributed by atoms with Crippen molar-refractivity contribution < 1.29 is 10.1 Å². The molecule has 0 aliphatic heterocycles. The van der Waals surface area contributed by atoms with Gasteiger partial charge in [0, 0.05) is 6.54 Å². The lowest BCUT2D eigenvalue weighted by atomic mass is 9.83. The third-order valence-corrected chi connectivity index (χ3v) is 3.30. The predicted octanol–water partition coefficient (Wildman–Crippen LogP) is 2.53. The van der Waals surface area contributed by atoms with Gasteiger partial charge in [0.05, 0.1) is 5.60 Å². The molecule has 0 aromatic heterocycles. The minimum atomic E-state index is -0.684. The highest BCUT2D eigenvalue weighted by molar-refractivity contribution is 6.45. The van der Waals surface area contributed by atoms with E-state index in [9.17, 15) is 10.1 Å². The number of likely N-dealkylation sites (N-methyl/N-ethyl adjacent to an activating group) is 1. The number of nitrogens with zero attached hydrogens (tertiary/aromatic N) is 1. The number of unbranched alkanes of at least 4 members (excludes halogenated alkanes) is 5. The Balaban J connectivity index is 3.63. The molecule has 0 aromatic rings. The van der Waals surface area contributed by atoms with Gasteiger partial charge in [-0.15, -0.1) is 0 Å². The summed E-state index contributed by atoms with van der Waals surface area (Å²) in [5.41, 5.74) is -0.684. The van der Waals surface area contributed by atoms with Gasteiger partial charge < -0.3 is 14.9 Å². The van der Waals surface area contributed by atoms with E-state index in [-0.39, 0.29) is 0 Å². The molecule has 0 fully saturated rings. The van der Waals surface area contributed by atoms with Crippen molar-refractivity contribution in [2.75, 3.05) is 13.6 Å². The molecule has 0 saturated carbocycles. The Morgan fingerprint density at radius 2 is 1.65 bits per heavy atom. The molecule has 0 saturated heterocycles. The molecule has 1 unspecified atom stereocenters. The first kappa shape index (κ1) is 16.9. The van der Waals surface area contributed by atoms with Crippen LogP contribution in [0.4, 0.5) is 0 Å². The predicted molar refractivity (Wildman–Crippen MR) is 75.1 cm³/mol. The first-order valence-corrected chi connectivity index (χ1v) is 7.00. The second-order valence-electron chi connectivity index (χ2n) is 5.56. The van der Waals surface area contributed by atoms with Crippen LogP contribution in [0, 0.1) is 0 Å². The molecule has 1 atom stereocenters. The summed E-state index contributed by atoms with van der Waals surface area (Å²) in [7, 11) is 1.34. The lowest BCUT2D eigenvalue weighted by molar-refractivity contribution is 0.0306. The van der Waals surface area contributed by atoms with E-state index < -0.39 is 12.7 Å². The van der Waals surface area contributed by atoms with Crippen molar-refractivity contribution in [1.29, 1.82) is 0 Å². The van der Waals surface area contributed by atoms with Gasteiger partial charge in [0.2, 0.25) is 0 Å². The van der Waals surface area contributed by atoms with Crippen molar-refractivity contribution in [2.45, 2.75) is 71.2 Å². The van der Waals surface area contributed by atoms with Crippen LogP contribution in [0.5, 0.6) is 0 Å². The van der Waals surface area contributed by atoms with Crippen molar-refractivity contribution in [3.05, 3.63) is 0 Å². The highest BCUT2D eigenvalue weighted by Crippen LogP contribution is 2.17. The minimum Gasteiger partial charge on any atom is -0.437 e. The Labute approximate surface area is 107 Å². The van der Waals surface area contributed by atoms with Crippen LogP contribution < -0.4 is 0 Å². The molecule has 0 aliphatic rings. The van der Waals surface area contributed by atoms with Gasteiger partial charge >= 0.3 is 7.05 Å². The molecule has 0 bridgehead atoms. The minimum absolute atomic E-state index is 0.494. The molecule has 3 nitrogen and oxygen atoms in total. The van der Waals surface area contributed by atoms with E-state index in [2.05, 4.69) is 6.92 Å². The van der Waals surface area contributed by atoms with Crippen molar-refractivity contribution in [3.8, 4) is 0 Å². The van der Waals surface area contributed by atoms with E-state index in [1.807, 2.05) is 14.0 Å². The summed E-state index contributed by atoms with van der Waals surface area (Å²) < 4.78 is 0. The zero-order valence-corrected chi connectivity index (χ0v) is 12.1. The number of aliphatic hydroxyl groups is 1. The molecule has 0 radical (unpaired) electrons. The quantitative estimate of drug-likeness (QED) is 0.457. The van der Waals surface area contributed by atoms with Gasteiger partial charge in [-0.25, -0.2) is 0 Å². The fraction of sp³-hybridized carbons (Fsp3) is 1.00. The SMILES string of the molecule is CCCCCCCCC(C)(O)CN(C)B(C)O. The van der Waals surface area contributed by atoms with Gasteiger partial charge in [-0.1, -0.05) is 45.4 Å². The first-order chi connectivity index (χ1) is 7.89. The maximum Gasteiger partial charge on any atom is 0.376 e. The summed E-state index contributed by atoms with van der Waals surface area (Å²) >= 11 is 0. The molecule has 0 heterocycles. The maximum absolute atomic E-state index is 10.2. The molecule has 0 spiro atoms. The van der Waals surface area contributed by atoms with Gasteiger partial charge in [-0.3, -0.25) is 0 Å². The van der Waals surface area contributed by atoms with Crippen LogP contribution in [0.15, 0.2) is 0 Å². The van der Waals surface area contributed by atoms with Crippen LogP contribution in [0.3, 0.4) is 0 Å². The standard InChI is InChI=1S/C13H30BNO2/c1-5-6-7-8-9-10-11-13(2,16)12-15(4)14(3)17/h16-17H,5-12H2,1-4H3. The third-order valence-electron chi connectivity index (χ3n) is 3.30. The number of hydrogen-bond acceptors (Lipinski definition) is 3. The van der Waals surface area contributed by atoms with Gasteiger partial charge in [0.15, 0.2) is 0 Å². The topological polar surface area (TPSA) is 43.7 Å². The lowest BCUT2D eigenvalue weighted by Gasteiger charge is -2.29. The normalized spacial score (nSPS) is 15.0. The molecule has 102 valence electrons. The fourth-order valence-electron chi connectivity index (χ4n) is 2.03. The summed E-state index contributed by atoms with van der Waals surface area (Å²) in [6, 6.07) is 0. The molecule has 0 aromatic carbocycles. The van der Waals surface area contributed by atoms with Gasteiger partial charge in [0.25, 0.3) is 0 Å². The van der Waals surface area contributed by atoms with E-state index in [0.29, 0.717) is 6.54 Å². The molecule has 0 aliphatic carbocycles. The monoisotopic (exact) mass is 243 g/mol. The van der Waals surface area contributed by atoms with Crippen LogP contribution in [-0.2, 0) is 0 Å². The largest absolute Gasteiger partial charge is 0.437 e.